The van der Waals surface area contributed by atoms with Crippen molar-refractivity contribution in [3.8, 4) is 0 Å². The number of halogens is 3. The Labute approximate surface area is 159 Å². The van der Waals surface area contributed by atoms with Crippen molar-refractivity contribution in [3.05, 3.63) is 58.5 Å². The lowest BCUT2D eigenvalue weighted by molar-refractivity contribution is -0.138. The van der Waals surface area contributed by atoms with Crippen LogP contribution in [0.2, 0.25) is 0 Å². The molecular formula is C20H20F3NO4. The Hall–Kier alpha value is -2.77. The number of nitrogens with one attached hydrogen (secondary N) is 1. The van der Waals surface area contributed by atoms with Crippen LogP contribution >= 0.6 is 0 Å². The molecule has 2 N–H and O–H groups in total. The van der Waals surface area contributed by atoms with Crippen LogP contribution in [0.15, 0.2) is 34.9 Å². The molecule has 1 aliphatic carbocycles. The second-order valence-corrected chi connectivity index (χ2v) is 6.99. The van der Waals surface area contributed by atoms with Crippen molar-refractivity contribution in [2.45, 2.75) is 50.7 Å². The highest BCUT2D eigenvalue weighted by atomic mass is 19.4. The van der Waals surface area contributed by atoms with Gasteiger partial charge in [-0.15, -0.1) is 0 Å². The fourth-order valence-electron chi connectivity index (χ4n) is 3.89. The van der Waals surface area contributed by atoms with E-state index in [1.807, 2.05) is 0 Å². The van der Waals surface area contributed by atoms with Gasteiger partial charge in [0.2, 0.25) is 0 Å². The number of hydrogen-bond donors (Lipinski definition) is 2. The lowest BCUT2D eigenvalue weighted by atomic mass is 9.89. The van der Waals surface area contributed by atoms with E-state index < -0.39 is 42.0 Å². The summed E-state index contributed by atoms with van der Waals surface area (Å²) in [4.78, 5) is 23.7. The van der Waals surface area contributed by atoms with Crippen LogP contribution in [0.5, 0.6) is 0 Å². The summed E-state index contributed by atoms with van der Waals surface area (Å²) < 4.78 is 45.3. The van der Waals surface area contributed by atoms with Gasteiger partial charge < -0.3 is 14.8 Å². The van der Waals surface area contributed by atoms with Crippen LogP contribution in [0, 0.1) is 6.92 Å². The molecule has 28 heavy (non-hydrogen) atoms. The highest BCUT2D eigenvalue weighted by molar-refractivity contribution is 5.97. The minimum absolute atomic E-state index is 0.0349. The highest BCUT2D eigenvalue weighted by Crippen LogP contribution is 2.41. The quantitative estimate of drug-likeness (QED) is 0.791. The third-order valence-electron chi connectivity index (χ3n) is 5.09. The van der Waals surface area contributed by atoms with Crippen molar-refractivity contribution in [2.75, 3.05) is 0 Å². The Morgan fingerprint density at radius 2 is 1.96 bits per heavy atom. The average molecular weight is 395 g/mol. The molecule has 5 nitrogen and oxygen atoms in total. The van der Waals surface area contributed by atoms with Crippen LogP contribution < -0.4 is 5.32 Å². The second kappa shape index (κ2) is 7.69. The molecule has 0 saturated heterocycles. The van der Waals surface area contributed by atoms with Crippen molar-refractivity contribution < 1.29 is 32.3 Å². The summed E-state index contributed by atoms with van der Waals surface area (Å²) >= 11 is 0. The Morgan fingerprint density at radius 3 is 2.64 bits per heavy atom. The highest BCUT2D eigenvalue weighted by Gasteiger charge is 2.39. The third-order valence-corrected chi connectivity index (χ3v) is 5.09. The number of aryl methyl sites for hydroxylation is 1. The van der Waals surface area contributed by atoms with Gasteiger partial charge in [-0.05, 0) is 31.4 Å². The number of aliphatic carboxylic acids is 1. The van der Waals surface area contributed by atoms with Crippen molar-refractivity contribution in [1.82, 2.24) is 5.32 Å². The first-order valence-corrected chi connectivity index (χ1v) is 8.94. The van der Waals surface area contributed by atoms with Crippen molar-refractivity contribution >= 4 is 11.9 Å². The van der Waals surface area contributed by atoms with Gasteiger partial charge in [0.25, 0.3) is 5.91 Å². The lowest BCUT2D eigenvalue weighted by Gasteiger charge is -2.24. The number of benzene rings is 1. The number of alkyl halides is 3. The Kier molecular flexibility index (Phi) is 5.49. The first-order chi connectivity index (χ1) is 13.2. The van der Waals surface area contributed by atoms with Crippen LogP contribution in [-0.4, -0.2) is 23.0 Å². The van der Waals surface area contributed by atoms with E-state index in [0.29, 0.717) is 24.8 Å². The summed E-state index contributed by atoms with van der Waals surface area (Å²) in [5.74, 6) is -2.09. The number of rotatable bonds is 5. The van der Waals surface area contributed by atoms with E-state index in [1.54, 1.807) is 13.0 Å². The van der Waals surface area contributed by atoms with Gasteiger partial charge in [0.1, 0.15) is 12.2 Å². The maximum absolute atomic E-state index is 13.4. The zero-order valence-corrected chi connectivity index (χ0v) is 15.2. The molecule has 1 amide bonds. The Morgan fingerprint density at radius 1 is 1.25 bits per heavy atom. The number of hydrogen-bond acceptors (Lipinski definition) is 3. The molecule has 1 aromatic carbocycles. The topological polar surface area (TPSA) is 79.5 Å². The van der Waals surface area contributed by atoms with Crippen molar-refractivity contribution in [3.63, 3.8) is 0 Å². The molecule has 0 aliphatic heterocycles. The predicted molar refractivity (Wildman–Crippen MR) is 94.1 cm³/mol. The van der Waals surface area contributed by atoms with Gasteiger partial charge in [0.15, 0.2) is 0 Å². The first kappa shape index (κ1) is 20.0. The third kappa shape index (κ3) is 4.05. The minimum Gasteiger partial charge on any atom is -0.481 e. The summed E-state index contributed by atoms with van der Waals surface area (Å²) in [6, 6.07) is 4.95. The molecular weight excluding hydrogens is 375 g/mol. The van der Waals surface area contributed by atoms with Crippen LogP contribution in [0.1, 0.15) is 58.0 Å². The molecule has 1 aliphatic rings. The molecule has 2 unspecified atom stereocenters. The Balaban J connectivity index is 1.85. The Bertz CT molecular complexity index is 888. The molecule has 1 fully saturated rings. The molecule has 2 aromatic rings. The number of carboxylic acids is 1. The van der Waals surface area contributed by atoms with Gasteiger partial charge in [-0.3, -0.25) is 9.59 Å². The van der Waals surface area contributed by atoms with Crippen molar-refractivity contribution in [1.29, 1.82) is 0 Å². The van der Waals surface area contributed by atoms with E-state index in [-0.39, 0.29) is 16.9 Å². The van der Waals surface area contributed by atoms with E-state index in [1.165, 1.54) is 18.4 Å². The summed E-state index contributed by atoms with van der Waals surface area (Å²) in [6.07, 6.45) is -1.84. The van der Waals surface area contributed by atoms with Gasteiger partial charge >= 0.3 is 12.1 Å². The largest absolute Gasteiger partial charge is 0.481 e. The van der Waals surface area contributed by atoms with Crippen LogP contribution in [0.25, 0.3) is 0 Å². The van der Waals surface area contributed by atoms with E-state index in [0.717, 1.165) is 6.07 Å². The molecule has 0 bridgehead atoms. The zero-order chi connectivity index (χ0) is 20.5. The fourth-order valence-corrected chi connectivity index (χ4v) is 3.89. The average Bonchev–Trinajstić information content (AvgIpc) is 3.20. The van der Waals surface area contributed by atoms with Gasteiger partial charge in [-0.2, -0.15) is 13.2 Å². The summed E-state index contributed by atoms with van der Waals surface area (Å²) in [7, 11) is 0. The number of amides is 1. The maximum Gasteiger partial charge on any atom is 0.416 e. The van der Waals surface area contributed by atoms with E-state index in [4.69, 9.17) is 9.52 Å². The van der Waals surface area contributed by atoms with Gasteiger partial charge in [-0.25, -0.2) is 0 Å². The number of carbonyl (C=O) groups excluding carboxylic acids is 1. The molecule has 1 heterocycles. The predicted octanol–water partition coefficient (Wildman–Crippen LogP) is 4.30. The molecule has 0 radical (unpaired) electrons. The monoisotopic (exact) mass is 395 g/mol. The first-order valence-electron chi connectivity index (χ1n) is 8.94. The molecule has 2 atom stereocenters. The SMILES string of the molecule is Cc1coc(CC(=O)O)c1C(=O)NC1CCCC1c1ccccc1C(F)(F)F. The van der Waals surface area contributed by atoms with E-state index in [2.05, 4.69) is 5.32 Å². The number of carboxylic acid groups (broad SMARTS) is 1. The molecule has 8 heteroatoms. The van der Waals surface area contributed by atoms with Crippen LogP contribution in [0.4, 0.5) is 13.2 Å². The van der Waals surface area contributed by atoms with Gasteiger partial charge in [0.05, 0.1) is 17.4 Å². The second-order valence-electron chi connectivity index (χ2n) is 6.99. The fraction of sp³-hybridized carbons (Fsp3) is 0.400. The van der Waals surface area contributed by atoms with Gasteiger partial charge in [-0.1, -0.05) is 24.6 Å². The summed E-state index contributed by atoms with van der Waals surface area (Å²) in [6.45, 7) is 1.62. The van der Waals surface area contributed by atoms with Crippen LogP contribution in [0.3, 0.4) is 0 Å². The lowest BCUT2D eigenvalue weighted by Crippen LogP contribution is -2.37. The van der Waals surface area contributed by atoms with E-state index in [9.17, 15) is 22.8 Å². The molecule has 150 valence electrons. The summed E-state index contributed by atoms with van der Waals surface area (Å²) in [5, 5.41) is 11.8. The maximum atomic E-state index is 13.4. The standard InChI is InChI=1S/C20H20F3NO4/c1-11-10-28-16(9-17(25)26)18(11)19(27)24-15-8-4-6-13(15)12-5-2-3-7-14(12)20(21,22)23/h2-3,5,7,10,13,15H,4,6,8-9H2,1H3,(H,24,27)(H,25,26). The molecule has 0 spiro atoms. The molecule has 1 aromatic heterocycles. The smallest absolute Gasteiger partial charge is 0.416 e. The molecule has 1 saturated carbocycles. The van der Waals surface area contributed by atoms with Crippen LogP contribution in [-0.2, 0) is 17.4 Å². The summed E-state index contributed by atoms with van der Waals surface area (Å²) in [5.41, 5.74) is 0.107. The molecule has 3 rings (SSSR count). The normalized spacial score (nSPS) is 19.6. The zero-order valence-electron chi connectivity index (χ0n) is 15.2. The minimum atomic E-state index is -4.47. The number of carbonyl (C=O) groups is 2. The van der Waals surface area contributed by atoms with Gasteiger partial charge in [0, 0.05) is 17.5 Å². The van der Waals surface area contributed by atoms with Crippen molar-refractivity contribution in [2.24, 2.45) is 0 Å². The number of furan rings is 1. The van der Waals surface area contributed by atoms with E-state index >= 15 is 0 Å².